The molecule has 6 heteroatoms. The predicted octanol–water partition coefficient (Wildman–Crippen LogP) is 3.59. The molecular formula is C21H27FN4O. The van der Waals surface area contributed by atoms with Crippen LogP contribution in [0.25, 0.3) is 0 Å². The summed E-state index contributed by atoms with van der Waals surface area (Å²) in [6.07, 6.45) is 5.27. The highest BCUT2D eigenvalue weighted by Crippen LogP contribution is 2.16. The van der Waals surface area contributed by atoms with Gasteiger partial charge in [0.2, 0.25) is 0 Å². The lowest BCUT2D eigenvalue weighted by Gasteiger charge is -2.25. The van der Waals surface area contributed by atoms with Crippen LogP contribution in [0.3, 0.4) is 0 Å². The van der Waals surface area contributed by atoms with E-state index in [9.17, 15) is 9.18 Å². The van der Waals surface area contributed by atoms with Gasteiger partial charge in [-0.15, -0.1) is 0 Å². The fourth-order valence-corrected chi connectivity index (χ4v) is 3.44. The van der Waals surface area contributed by atoms with Gasteiger partial charge in [0.1, 0.15) is 5.82 Å². The van der Waals surface area contributed by atoms with Crippen LogP contribution in [0.2, 0.25) is 0 Å². The Morgan fingerprint density at radius 1 is 1.11 bits per heavy atom. The predicted molar refractivity (Wildman–Crippen MR) is 104 cm³/mol. The number of nitrogens with zero attached hydrogens (tertiary/aromatic N) is 3. The first-order valence-corrected chi connectivity index (χ1v) is 9.58. The first-order chi connectivity index (χ1) is 13.2. The van der Waals surface area contributed by atoms with Crippen LogP contribution in [0, 0.1) is 5.82 Å². The van der Waals surface area contributed by atoms with Gasteiger partial charge >= 0.3 is 6.03 Å². The maximum atomic E-state index is 13.1. The number of pyridine rings is 1. The van der Waals surface area contributed by atoms with Crippen LogP contribution in [0.5, 0.6) is 0 Å². The highest BCUT2D eigenvalue weighted by atomic mass is 19.1. The zero-order valence-corrected chi connectivity index (χ0v) is 15.8. The summed E-state index contributed by atoms with van der Waals surface area (Å²) in [5.41, 5.74) is 2.17. The van der Waals surface area contributed by atoms with Gasteiger partial charge in [-0.1, -0.05) is 19.1 Å². The van der Waals surface area contributed by atoms with E-state index >= 15 is 0 Å². The second-order valence-electron chi connectivity index (χ2n) is 6.93. The number of hydrogen-bond acceptors (Lipinski definition) is 3. The summed E-state index contributed by atoms with van der Waals surface area (Å²) in [6.45, 7) is 6.04. The van der Waals surface area contributed by atoms with Crippen LogP contribution in [0.15, 0.2) is 48.8 Å². The van der Waals surface area contributed by atoms with Crippen LogP contribution in [-0.4, -0.2) is 47.0 Å². The van der Waals surface area contributed by atoms with Crippen molar-refractivity contribution in [2.24, 2.45) is 0 Å². The molecule has 2 amide bonds. The summed E-state index contributed by atoms with van der Waals surface area (Å²) in [7, 11) is 0. The van der Waals surface area contributed by atoms with Crippen molar-refractivity contribution in [3.63, 3.8) is 0 Å². The molecule has 3 rings (SSSR count). The number of benzene rings is 1. The molecule has 1 saturated heterocycles. The number of halogens is 1. The third-order valence-electron chi connectivity index (χ3n) is 5.01. The third kappa shape index (κ3) is 5.50. The molecule has 0 spiro atoms. The molecular weight excluding hydrogens is 343 g/mol. The molecule has 1 aromatic heterocycles. The quantitative estimate of drug-likeness (QED) is 0.875. The molecule has 144 valence electrons. The molecule has 1 fully saturated rings. The summed E-state index contributed by atoms with van der Waals surface area (Å²) in [4.78, 5) is 21.0. The van der Waals surface area contributed by atoms with Crippen molar-refractivity contribution in [3.8, 4) is 0 Å². The number of carbonyl (C=O) groups excluding carboxylic acids is 1. The molecule has 2 heterocycles. The van der Waals surface area contributed by atoms with E-state index in [2.05, 4.69) is 22.1 Å². The summed E-state index contributed by atoms with van der Waals surface area (Å²) in [6, 6.07) is 10.5. The molecule has 27 heavy (non-hydrogen) atoms. The van der Waals surface area contributed by atoms with Crippen LogP contribution in [-0.2, 0) is 6.54 Å². The van der Waals surface area contributed by atoms with Gasteiger partial charge in [-0.25, -0.2) is 9.18 Å². The van der Waals surface area contributed by atoms with E-state index < -0.39 is 0 Å². The Labute approximate surface area is 160 Å². The number of urea groups is 1. The fraction of sp³-hybridized carbons (Fsp3) is 0.429. The highest BCUT2D eigenvalue weighted by Gasteiger charge is 2.21. The Balaban J connectivity index is 1.53. The molecule has 0 bridgehead atoms. The Bertz CT molecular complexity index is 723. The van der Waals surface area contributed by atoms with E-state index in [0.717, 1.165) is 50.1 Å². The van der Waals surface area contributed by atoms with Gasteiger partial charge in [-0.2, -0.15) is 0 Å². The summed E-state index contributed by atoms with van der Waals surface area (Å²) in [5.74, 6) is -0.211. The lowest BCUT2D eigenvalue weighted by atomic mass is 10.1. The summed E-state index contributed by atoms with van der Waals surface area (Å²) >= 11 is 0. The molecule has 1 aromatic carbocycles. The maximum absolute atomic E-state index is 13.1. The zero-order valence-electron chi connectivity index (χ0n) is 15.8. The lowest BCUT2D eigenvalue weighted by molar-refractivity contribution is 0.193. The Morgan fingerprint density at radius 3 is 2.56 bits per heavy atom. The second-order valence-corrected chi connectivity index (χ2v) is 6.93. The van der Waals surface area contributed by atoms with E-state index in [1.54, 1.807) is 12.4 Å². The van der Waals surface area contributed by atoms with Crippen molar-refractivity contribution in [1.29, 1.82) is 0 Å². The monoisotopic (exact) mass is 370 g/mol. The van der Waals surface area contributed by atoms with E-state index in [0.29, 0.717) is 6.54 Å². The Kier molecular flexibility index (Phi) is 6.76. The SMILES string of the molecule is CC[C@@H](NC(=O)N1CCCN(Cc2ccc(F)cc2)CC1)c1ccncc1. The molecule has 0 aliphatic carbocycles. The number of hydrogen-bond donors (Lipinski definition) is 1. The smallest absolute Gasteiger partial charge is 0.317 e. The number of amides is 2. The first kappa shape index (κ1) is 19.3. The van der Waals surface area contributed by atoms with Crippen molar-refractivity contribution in [2.45, 2.75) is 32.4 Å². The Morgan fingerprint density at radius 2 is 1.85 bits per heavy atom. The molecule has 1 N–H and O–H groups in total. The lowest BCUT2D eigenvalue weighted by Crippen LogP contribution is -2.43. The van der Waals surface area contributed by atoms with Crippen molar-refractivity contribution in [1.82, 2.24) is 20.1 Å². The highest BCUT2D eigenvalue weighted by molar-refractivity contribution is 5.74. The summed E-state index contributed by atoms with van der Waals surface area (Å²) < 4.78 is 13.1. The van der Waals surface area contributed by atoms with Gasteiger partial charge in [0.05, 0.1) is 6.04 Å². The number of aromatic nitrogens is 1. The van der Waals surface area contributed by atoms with Gasteiger partial charge in [-0.3, -0.25) is 9.88 Å². The Hall–Kier alpha value is -2.47. The third-order valence-corrected chi connectivity index (χ3v) is 5.01. The molecule has 0 radical (unpaired) electrons. The molecule has 0 unspecified atom stereocenters. The molecule has 0 saturated carbocycles. The average Bonchev–Trinajstić information content (AvgIpc) is 2.94. The van der Waals surface area contributed by atoms with E-state index in [1.165, 1.54) is 12.1 Å². The van der Waals surface area contributed by atoms with Gasteiger partial charge in [-0.05, 0) is 48.2 Å². The largest absolute Gasteiger partial charge is 0.331 e. The standard InChI is InChI=1S/C21H27FN4O/c1-2-20(18-8-10-23-11-9-18)24-21(27)26-13-3-12-25(14-15-26)16-17-4-6-19(22)7-5-17/h4-11,20H,2-3,12-16H2,1H3,(H,24,27)/t20-/m1/s1. The van der Waals surface area contributed by atoms with Crippen LogP contribution in [0.1, 0.15) is 36.9 Å². The molecule has 5 nitrogen and oxygen atoms in total. The molecule has 1 atom stereocenters. The van der Waals surface area contributed by atoms with Crippen LogP contribution < -0.4 is 5.32 Å². The van der Waals surface area contributed by atoms with Gasteiger partial charge in [0.25, 0.3) is 0 Å². The number of rotatable bonds is 5. The van der Waals surface area contributed by atoms with E-state index in [-0.39, 0.29) is 17.9 Å². The van der Waals surface area contributed by atoms with E-state index in [1.807, 2.05) is 29.2 Å². The van der Waals surface area contributed by atoms with E-state index in [4.69, 9.17) is 0 Å². The fourth-order valence-electron chi connectivity index (χ4n) is 3.44. The van der Waals surface area contributed by atoms with Gasteiger partial charge in [0.15, 0.2) is 0 Å². The van der Waals surface area contributed by atoms with Crippen LogP contribution in [0.4, 0.5) is 9.18 Å². The van der Waals surface area contributed by atoms with Crippen molar-refractivity contribution in [2.75, 3.05) is 26.2 Å². The zero-order chi connectivity index (χ0) is 19.1. The number of carbonyl (C=O) groups is 1. The first-order valence-electron chi connectivity index (χ1n) is 9.58. The van der Waals surface area contributed by atoms with Gasteiger partial charge in [0, 0.05) is 45.1 Å². The second kappa shape index (κ2) is 9.46. The topological polar surface area (TPSA) is 48.5 Å². The molecule has 2 aromatic rings. The van der Waals surface area contributed by atoms with Gasteiger partial charge < -0.3 is 10.2 Å². The number of nitrogens with one attached hydrogen (secondary N) is 1. The molecule has 1 aliphatic heterocycles. The van der Waals surface area contributed by atoms with Crippen molar-refractivity contribution < 1.29 is 9.18 Å². The average molecular weight is 370 g/mol. The minimum atomic E-state index is -0.211. The minimum absolute atomic E-state index is 0.000860. The van der Waals surface area contributed by atoms with Crippen molar-refractivity contribution in [3.05, 3.63) is 65.7 Å². The van der Waals surface area contributed by atoms with Crippen molar-refractivity contribution >= 4 is 6.03 Å². The molecule has 1 aliphatic rings. The normalized spacial score (nSPS) is 16.6. The maximum Gasteiger partial charge on any atom is 0.317 e. The van der Waals surface area contributed by atoms with Crippen LogP contribution >= 0.6 is 0 Å². The summed E-state index contributed by atoms with van der Waals surface area (Å²) in [5, 5.41) is 3.15. The minimum Gasteiger partial charge on any atom is -0.331 e.